The van der Waals surface area contributed by atoms with Crippen molar-refractivity contribution in [3.8, 4) is 5.75 Å². The molecule has 0 bridgehead atoms. The van der Waals surface area contributed by atoms with Crippen LogP contribution < -0.4 is 10.1 Å². The second-order valence-electron chi connectivity index (χ2n) is 5.11. The average molecular weight is 247 g/mol. The molecule has 3 heteroatoms. The zero-order valence-electron chi connectivity index (χ0n) is 10.9. The first kappa shape index (κ1) is 13.1. The molecule has 0 radical (unpaired) electrons. The summed E-state index contributed by atoms with van der Waals surface area (Å²) in [6, 6.07) is 8.11. The summed E-state index contributed by atoms with van der Waals surface area (Å²) in [6.07, 6.45) is 1.76. The van der Waals surface area contributed by atoms with Gasteiger partial charge in [-0.25, -0.2) is 0 Å². The lowest BCUT2D eigenvalue weighted by atomic mass is 9.89. The Kier molecular flexibility index (Phi) is 4.39. The van der Waals surface area contributed by atoms with Crippen molar-refractivity contribution in [2.75, 3.05) is 26.4 Å². The molecule has 0 aromatic heterocycles. The molecule has 3 nitrogen and oxygen atoms in total. The zero-order chi connectivity index (χ0) is 12.8. The van der Waals surface area contributed by atoms with Gasteiger partial charge in [0.1, 0.15) is 12.4 Å². The van der Waals surface area contributed by atoms with Crippen LogP contribution in [0.5, 0.6) is 5.75 Å². The van der Waals surface area contributed by atoms with Crippen LogP contribution in [0, 0.1) is 5.41 Å². The summed E-state index contributed by atoms with van der Waals surface area (Å²) in [5, 5.41) is 3.48. The van der Waals surface area contributed by atoms with Crippen molar-refractivity contribution in [3.05, 3.63) is 42.5 Å². The quantitative estimate of drug-likeness (QED) is 0.750. The number of benzene rings is 1. The van der Waals surface area contributed by atoms with E-state index >= 15 is 0 Å². The van der Waals surface area contributed by atoms with Crippen molar-refractivity contribution in [3.63, 3.8) is 0 Å². The molecule has 2 rings (SSSR count). The van der Waals surface area contributed by atoms with E-state index in [0.29, 0.717) is 12.0 Å². The Balaban J connectivity index is 1.85. The van der Waals surface area contributed by atoms with Crippen molar-refractivity contribution in [1.29, 1.82) is 0 Å². The molecule has 1 N–H and O–H groups in total. The smallest absolute Gasteiger partial charge is 0.124 e. The van der Waals surface area contributed by atoms with Crippen LogP contribution in [-0.2, 0) is 11.3 Å². The van der Waals surface area contributed by atoms with Crippen molar-refractivity contribution in [2.45, 2.75) is 13.5 Å². The maximum Gasteiger partial charge on any atom is 0.124 e. The van der Waals surface area contributed by atoms with Gasteiger partial charge in [-0.2, -0.15) is 0 Å². The van der Waals surface area contributed by atoms with Crippen LogP contribution in [0.2, 0.25) is 0 Å². The van der Waals surface area contributed by atoms with Crippen LogP contribution >= 0.6 is 0 Å². The minimum Gasteiger partial charge on any atom is -0.489 e. The second-order valence-corrected chi connectivity index (χ2v) is 5.11. The highest BCUT2D eigenvalue weighted by Gasteiger charge is 2.32. The lowest BCUT2D eigenvalue weighted by molar-refractivity contribution is -0.0991. The molecule has 0 unspecified atom stereocenters. The Labute approximate surface area is 109 Å². The van der Waals surface area contributed by atoms with Crippen molar-refractivity contribution < 1.29 is 9.47 Å². The Morgan fingerprint density at radius 2 is 2.22 bits per heavy atom. The van der Waals surface area contributed by atoms with E-state index in [1.165, 1.54) is 5.56 Å². The SMILES string of the molecule is C=CCOc1ccccc1CNCC1(C)COC1. The highest BCUT2D eigenvalue weighted by atomic mass is 16.5. The Hall–Kier alpha value is -1.32. The molecular formula is C15H21NO2. The number of nitrogens with one attached hydrogen (secondary N) is 1. The monoisotopic (exact) mass is 247 g/mol. The van der Waals surface area contributed by atoms with Gasteiger partial charge < -0.3 is 14.8 Å². The third-order valence-corrected chi connectivity index (χ3v) is 3.10. The predicted molar refractivity (Wildman–Crippen MR) is 72.8 cm³/mol. The summed E-state index contributed by atoms with van der Waals surface area (Å²) in [5.41, 5.74) is 1.49. The first-order valence-corrected chi connectivity index (χ1v) is 6.34. The number of hydrogen-bond acceptors (Lipinski definition) is 3. The normalized spacial score (nSPS) is 16.9. The van der Waals surface area contributed by atoms with Crippen molar-refractivity contribution in [2.24, 2.45) is 5.41 Å². The van der Waals surface area contributed by atoms with E-state index in [4.69, 9.17) is 9.47 Å². The van der Waals surface area contributed by atoms with Gasteiger partial charge in [-0.05, 0) is 6.07 Å². The minimum atomic E-state index is 0.302. The lowest BCUT2D eigenvalue weighted by Gasteiger charge is -2.38. The first-order valence-electron chi connectivity index (χ1n) is 6.34. The highest BCUT2D eigenvalue weighted by Crippen LogP contribution is 2.25. The minimum absolute atomic E-state index is 0.302. The standard InChI is InChI=1S/C15H21NO2/c1-3-8-18-14-7-5-4-6-13(14)9-16-10-15(2)11-17-12-15/h3-7,16H,1,8-12H2,2H3. The third kappa shape index (κ3) is 3.34. The second kappa shape index (κ2) is 6.03. The van der Waals surface area contributed by atoms with Crippen LogP contribution in [-0.4, -0.2) is 26.4 Å². The summed E-state index contributed by atoms with van der Waals surface area (Å²) < 4.78 is 10.9. The van der Waals surface area contributed by atoms with E-state index in [-0.39, 0.29) is 0 Å². The first-order chi connectivity index (χ1) is 8.73. The number of hydrogen-bond donors (Lipinski definition) is 1. The van der Waals surface area contributed by atoms with Crippen LogP contribution in [0.15, 0.2) is 36.9 Å². The molecule has 1 aliphatic heterocycles. The molecule has 0 spiro atoms. The Morgan fingerprint density at radius 3 is 2.89 bits per heavy atom. The van der Waals surface area contributed by atoms with Gasteiger partial charge in [0.05, 0.1) is 13.2 Å². The topological polar surface area (TPSA) is 30.5 Å². The van der Waals surface area contributed by atoms with Crippen molar-refractivity contribution in [1.82, 2.24) is 5.32 Å². The molecule has 1 fully saturated rings. The van der Waals surface area contributed by atoms with Gasteiger partial charge in [-0.15, -0.1) is 0 Å². The van der Waals surface area contributed by atoms with Gasteiger partial charge in [-0.1, -0.05) is 37.8 Å². The van der Waals surface area contributed by atoms with Gasteiger partial charge in [0, 0.05) is 24.1 Å². The Morgan fingerprint density at radius 1 is 1.44 bits per heavy atom. The lowest BCUT2D eigenvalue weighted by Crippen LogP contribution is -2.47. The van der Waals surface area contributed by atoms with E-state index in [9.17, 15) is 0 Å². The van der Waals surface area contributed by atoms with E-state index in [1.54, 1.807) is 6.08 Å². The molecule has 1 heterocycles. The summed E-state index contributed by atoms with van der Waals surface area (Å²) in [7, 11) is 0. The average Bonchev–Trinajstić information content (AvgIpc) is 2.35. The zero-order valence-corrected chi connectivity index (χ0v) is 10.9. The fourth-order valence-corrected chi connectivity index (χ4v) is 1.99. The van der Waals surface area contributed by atoms with Crippen LogP contribution in [0.25, 0.3) is 0 Å². The number of rotatable bonds is 7. The molecule has 0 saturated carbocycles. The van der Waals surface area contributed by atoms with Gasteiger partial charge in [0.2, 0.25) is 0 Å². The van der Waals surface area contributed by atoms with E-state index < -0.39 is 0 Å². The van der Waals surface area contributed by atoms with Crippen molar-refractivity contribution >= 4 is 0 Å². The highest BCUT2D eigenvalue weighted by molar-refractivity contribution is 5.33. The fourth-order valence-electron chi connectivity index (χ4n) is 1.99. The summed E-state index contributed by atoms with van der Waals surface area (Å²) in [5.74, 6) is 0.930. The van der Waals surface area contributed by atoms with Crippen LogP contribution in [0.3, 0.4) is 0 Å². The molecular weight excluding hydrogens is 226 g/mol. The van der Waals surface area contributed by atoms with E-state index in [2.05, 4.69) is 24.9 Å². The van der Waals surface area contributed by atoms with E-state index in [1.807, 2.05) is 18.2 Å². The summed E-state index contributed by atoms with van der Waals surface area (Å²) >= 11 is 0. The third-order valence-electron chi connectivity index (χ3n) is 3.10. The maximum absolute atomic E-state index is 5.63. The predicted octanol–water partition coefficient (Wildman–Crippen LogP) is 2.38. The van der Waals surface area contributed by atoms with Gasteiger partial charge in [0.25, 0.3) is 0 Å². The fraction of sp³-hybridized carbons (Fsp3) is 0.467. The molecule has 1 aliphatic rings. The molecule has 0 atom stereocenters. The molecule has 0 aliphatic carbocycles. The molecule has 1 aromatic rings. The molecule has 1 aromatic carbocycles. The Bertz CT molecular complexity index is 399. The van der Waals surface area contributed by atoms with Gasteiger partial charge in [-0.3, -0.25) is 0 Å². The van der Waals surface area contributed by atoms with E-state index in [0.717, 1.165) is 32.1 Å². The number of ether oxygens (including phenoxy) is 2. The van der Waals surface area contributed by atoms with Crippen LogP contribution in [0.4, 0.5) is 0 Å². The molecule has 0 amide bonds. The maximum atomic E-state index is 5.63. The van der Waals surface area contributed by atoms with Gasteiger partial charge in [0.15, 0.2) is 0 Å². The molecule has 98 valence electrons. The summed E-state index contributed by atoms with van der Waals surface area (Å²) in [6.45, 7) is 9.96. The summed E-state index contributed by atoms with van der Waals surface area (Å²) in [4.78, 5) is 0. The molecule has 18 heavy (non-hydrogen) atoms. The van der Waals surface area contributed by atoms with Gasteiger partial charge >= 0.3 is 0 Å². The number of para-hydroxylation sites is 1. The largest absolute Gasteiger partial charge is 0.489 e. The van der Waals surface area contributed by atoms with Crippen LogP contribution in [0.1, 0.15) is 12.5 Å². The molecule has 1 saturated heterocycles.